The predicted octanol–water partition coefficient (Wildman–Crippen LogP) is 8.78. The summed E-state index contributed by atoms with van der Waals surface area (Å²) in [6.45, 7) is 2.35. The molecular weight excluding hydrogens is 927 g/mol. The molecule has 0 N–H and O–H groups in total. The van der Waals surface area contributed by atoms with Crippen molar-refractivity contribution in [3.8, 4) is 0 Å². The number of hydrogen-bond donors (Lipinski definition) is 0. The molecule has 14 nitrogen and oxygen atoms in total. The summed E-state index contributed by atoms with van der Waals surface area (Å²) in [7, 11) is 1.61. The summed E-state index contributed by atoms with van der Waals surface area (Å²) in [4.78, 5) is 0. The first kappa shape index (κ1) is 50.5. The fourth-order valence-corrected chi connectivity index (χ4v) is 9.48. The van der Waals surface area contributed by atoms with Crippen molar-refractivity contribution in [2.75, 3.05) is 20.3 Å². The van der Waals surface area contributed by atoms with Crippen LogP contribution in [0.15, 0.2) is 182 Å². The van der Waals surface area contributed by atoms with E-state index in [-0.39, 0.29) is 52.9 Å². The van der Waals surface area contributed by atoms with Gasteiger partial charge in [-0.1, -0.05) is 181 Å². The van der Waals surface area contributed by atoms with Crippen LogP contribution < -0.4 is 0 Å². The van der Waals surface area contributed by atoms with E-state index in [2.05, 4.69) is 22.4 Å². The minimum Gasteiger partial charge on any atom is -0.374 e. The molecular formula is C59H63N3O11. The van der Waals surface area contributed by atoms with E-state index in [9.17, 15) is 0 Å². The van der Waals surface area contributed by atoms with Gasteiger partial charge in [-0.15, -0.1) is 5.10 Å². The highest BCUT2D eigenvalue weighted by molar-refractivity contribution is 5.27. The van der Waals surface area contributed by atoms with Crippen molar-refractivity contribution in [2.45, 2.75) is 114 Å². The van der Waals surface area contributed by atoms with Crippen molar-refractivity contribution in [3.63, 3.8) is 0 Å². The molecule has 14 heteroatoms. The molecule has 0 unspecified atom stereocenters. The lowest BCUT2D eigenvalue weighted by Crippen LogP contribution is -2.64. The van der Waals surface area contributed by atoms with Gasteiger partial charge in [-0.05, 0) is 38.9 Å². The predicted molar refractivity (Wildman–Crippen MR) is 269 cm³/mol. The number of rotatable bonds is 17. The van der Waals surface area contributed by atoms with Crippen LogP contribution >= 0.6 is 0 Å². The largest absolute Gasteiger partial charge is 0.374 e. The Morgan fingerprint density at radius 1 is 0.493 bits per heavy atom. The number of fused-ring (bicyclic) bond motifs is 5. The Kier molecular flexibility index (Phi) is 17.9. The van der Waals surface area contributed by atoms with Gasteiger partial charge in [0.05, 0.1) is 72.2 Å². The van der Waals surface area contributed by atoms with Gasteiger partial charge in [0.2, 0.25) is 0 Å². The van der Waals surface area contributed by atoms with E-state index in [1.165, 1.54) is 0 Å². The molecule has 0 saturated carbocycles. The van der Waals surface area contributed by atoms with Gasteiger partial charge in [-0.2, -0.15) is 0 Å². The second-order valence-electron chi connectivity index (χ2n) is 18.4. The van der Waals surface area contributed by atoms with Crippen molar-refractivity contribution in [3.05, 3.63) is 227 Å². The molecule has 2 fully saturated rings. The van der Waals surface area contributed by atoms with Crippen molar-refractivity contribution < 1.29 is 52.1 Å². The third-order valence-electron chi connectivity index (χ3n) is 13.3. The highest BCUT2D eigenvalue weighted by Crippen LogP contribution is 2.35. The summed E-state index contributed by atoms with van der Waals surface area (Å²) >= 11 is 0. The maximum Gasteiger partial charge on any atom is 0.187 e. The van der Waals surface area contributed by atoms with E-state index < -0.39 is 61.4 Å². The summed E-state index contributed by atoms with van der Waals surface area (Å²) in [6, 6.07) is 58.3. The molecule has 1 aromatic heterocycles. The molecule has 3 aliphatic rings. The molecule has 7 aromatic rings. The molecule has 4 heterocycles. The van der Waals surface area contributed by atoms with Gasteiger partial charge in [0.15, 0.2) is 12.6 Å². The Morgan fingerprint density at radius 2 is 0.973 bits per heavy atom. The summed E-state index contributed by atoms with van der Waals surface area (Å²) in [5.74, 6) is 0. The number of methoxy groups -OCH3 is 1. The number of aromatic nitrogens is 3. The van der Waals surface area contributed by atoms with E-state index in [4.69, 9.17) is 52.1 Å². The molecule has 10 atom stereocenters. The van der Waals surface area contributed by atoms with Gasteiger partial charge < -0.3 is 52.1 Å². The molecule has 2 bridgehead atoms. The standard InChI is InChI=1S/C59H63N3O11/c1-63-58-56(68-37-46-27-15-6-16-28-46)54(66-35-44-23-11-4-12-24-44)53-51(72-58)41-71-59-57(70-39-49-32-62(61-60-49)31-47-29-17-18-30-48(47)38-69-53)55(67-36-45-25-13-5-14-26-45)52(65-34-43-21-9-3-10-22-43)50(73-59)40-64-33-42-19-7-2-8-20-42/h2-30,32,50-59H,31,33-41H2,1H3/t50-,51-,52-,53-,54+,55+,56-,57-,58+,59-/m1/s1. The first-order chi connectivity index (χ1) is 36.1. The van der Waals surface area contributed by atoms with E-state index in [1.807, 2.05) is 170 Å². The lowest BCUT2D eigenvalue weighted by Gasteiger charge is -2.48. The average molecular weight is 990 g/mol. The second-order valence-corrected chi connectivity index (χ2v) is 18.4. The van der Waals surface area contributed by atoms with Crippen LogP contribution in [-0.2, 0) is 105 Å². The maximum absolute atomic E-state index is 7.09. The van der Waals surface area contributed by atoms with Crippen molar-refractivity contribution in [1.29, 1.82) is 0 Å². The average Bonchev–Trinajstić information content (AvgIpc) is 3.90. The summed E-state index contributed by atoms with van der Waals surface area (Å²) < 4.78 is 77.1. The Labute approximate surface area is 426 Å². The molecule has 73 heavy (non-hydrogen) atoms. The molecule has 0 spiro atoms. The third-order valence-corrected chi connectivity index (χ3v) is 13.3. The first-order valence-electron chi connectivity index (χ1n) is 25.0. The SMILES string of the molecule is CO[C@H]1O[C@@H]2CO[C@@H]3O[C@H](COCc4ccccc4)[C@@H](OCc4ccccc4)[C@H](OCc4ccccc4)[C@H]3OCc3cn(nn3)Cc3ccccc3CO[C@H]2[C@H](OCc2ccccc2)[C@H]1OCc1ccccc1. The van der Waals surface area contributed by atoms with E-state index in [0.717, 1.165) is 38.9 Å². The van der Waals surface area contributed by atoms with Gasteiger partial charge in [-0.25, -0.2) is 4.68 Å². The highest BCUT2D eigenvalue weighted by Gasteiger charge is 2.52. The molecule has 3 aliphatic heterocycles. The monoisotopic (exact) mass is 989 g/mol. The smallest absolute Gasteiger partial charge is 0.187 e. The zero-order chi connectivity index (χ0) is 49.4. The topological polar surface area (TPSA) is 132 Å². The van der Waals surface area contributed by atoms with Gasteiger partial charge in [-0.3, -0.25) is 0 Å². The van der Waals surface area contributed by atoms with Crippen LogP contribution in [0, 0.1) is 0 Å². The minimum atomic E-state index is -1.03. The van der Waals surface area contributed by atoms with Crippen LogP contribution in [0.4, 0.5) is 0 Å². The Balaban J connectivity index is 1.02. The van der Waals surface area contributed by atoms with E-state index >= 15 is 0 Å². The maximum atomic E-state index is 7.09. The number of benzene rings is 6. The van der Waals surface area contributed by atoms with E-state index in [0.29, 0.717) is 18.8 Å². The fraction of sp³-hybridized carbons (Fsp3) is 0.356. The van der Waals surface area contributed by atoms with Gasteiger partial charge >= 0.3 is 0 Å². The first-order valence-corrected chi connectivity index (χ1v) is 25.0. The quantitative estimate of drug-likeness (QED) is 0.0862. The Hall–Kier alpha value is -5.98. The molecule has 6 aromatic carbocycles. The van der Waals surface area contributed by atoms with Crippen LogP contribution in [0.3, 0.4) is 0 Å². The molecule has 0 amide bonds. The van der Waals surface area contributed by atoms with Crippen LogP contribution in [-0.4, -0.2) is 96.7 Å². The molecule has 0 radical (unpaired) electrons. The molecule has 2 saturated heterocycles. The van der Waals surface area contributed by atoms with Crippen molar-refractivity contribution in [2.24, 2.45) is 0 Å². The highest BCUT2D eigenvalue weighted by atomic mass is 16.7. The van der Waals surface area contributed by atoms with Crippen LogP contribution in [0.2, 0.25) is 0 Å². The van der Waals surface area contributed by atoms with Crippen molar-refractivity contribution >= 4 is 0 Å². The Bertz CT molecular complexity index is 2690. The molecule has 380 valence electrons. The Morgan fingerprint density at radius 3 is 1.53 bits per heavy atom. The number of ether oxygens (including phenoxy) is 11. The van der Waals surface area contributed by atoms with Crippen molar-refractivity contribution in [1.82, 2.24) is 15.0 Å². The van der Waals surface area contributed by atoms with Gasteiger partial charge in [0, 0.05) is 7.11 Å². The van der Waals surface area contributed by atoms with Crippen LogP contribution in [0.25, 0.3) is 0 Å². The molecule has 0 aliphatic carbocycles. The van der Waals surface area contributed by atoms with Gasteiger partial charge in [0.1, 0.15) is 54.5 Å². The lowest BCUT2D eigenvalue weighted by atomic mass is 9.96. The molecule has 10 rings (SSSR count). The number of nitrogens with zero attached hydrogens (tertiary/aromatic N) is 3. The van der Waals surface area contributed by atoms with Gasteiger partial charge in [0.25, 0.3) is 0 Å². The zero-order valence-corrected chi connectivity index (χ0v) is 41.0. The normalized spacial score (nSPS) is 25.5. The number of hydrogen-bond acceptors (Lipinski definition) is 13. The van der Waals surface area contributed by atoms with Crippen LogP contribution in [0.5, 0.6) is 0 Å². The summed E-state index contributed by atoms with van der Waals surface area (Å²) in [5, 5.41) is 9.09. The zero-order valence-electron chi connectivity index (χ0n) is 41.0. The minimum absolute atomic E-state index is 0.0258. The summed E-state index contributed by atoms with van der Waals surface area (Å²) in [5.41, 5.74) is 7.58. The summed E-state index contributed by atoms with van der Waals surface area (Å²) in [6.07, 6.45) is -5.88. The third kappa shape index (κ3) is 13.6. The van der Waals surface area contributed by atoms with Crippen LogP contribution in [0.1, 0.15) is 44.6 Å². The van der Waals surface area contributed by atoms with E-state index in [1.54, 1.807) is 11.8 Å². The lowest BCUT2D eigenvalue weighted by molar-refractivity contribution is -0.351. The fourth-order valence-electron chi connectivity index (χ4n) is 9.48. The second kappa shape index (κ2) is 25.8.